The Bertz CT molecular complexity index is 1370. The van der Waals surface area contributed by atoms with E-state index in [1.165, 1.54) is 162 Å². The highest BCUT2D eigenvalue weighted by molar-refractivity contribution is 5.45. The van der Waals surface area contributed by atoms with Gasteiger partial charge in [0.15, 0.2) is 0 Å². The van der Waals surface area contributed by atoms with Crippen LogP contribution in [0.25, 0.3) is 0 Å². The van der Waals surface area contributed by atoms with Crippen LogP contribution in [0.4, 0.5) is 11.4 Å². The van der Waals surface area contributed by atoms with Gasteiger partial charge in [-0.1, -0.05) is 209 Å². The van der Waals surface area contributed by atoms with Gasteiger partial charge in [0.05, 0.1) is 0 Å². The third-order valence-corrected chi connectivity index (χ3v) is 11.8. The van der Waals surface area contributed by atoms with Crippen LogP contribution in [0.3, 0.4) is 0 Å². The Kier molecular flexibility index (Phi) is 19.7. The van der Waals surface area contributed by atoms with Gasteiger partial charge in [0, 0.05) is 29.1 Å². The summed E-state index contributed by atoms with van der Waals surface area (Å²) in [7, 11) is 0. The molecule has 2 atom stereocenters. The molecule has 4 aromatic carbocycles. The van der Waals surface area contributed by atoms with Crippen LogP contribution in [0.1, 0.15) is 207 Å². The number of benzene rings is 4. The van der Waals surface area contributed by atoms with Gasteiger partial charge < -0.3 is 11.5 Å². The summed E-state index contributed by atoms with van der Waals surface area (Å²) in [4.78, 5) is 0. The molecule has 0 amide bonds. The van der Waals surface area contributed by atoms with Crippen LogP contribution in [0, 0.1) is 0 Å². The van der Waals surface area contributed by atoms with Crippen molar-refractivity contribution in [2.75, 3.05) is 11.5 Å². The highest BCUT2D eigenvalue weighted by Gasteiger charge is 2.19. The molecule has 0 spiro atoms. The second-order valence-corrected chi connectivity index (χ2v) is 16.0. The number of unbranched alkanes of at least 4 members (excludes halogenated alkanes) is 16. The second kappa shape index (κ2) is 24.7. The van der Waals surface area contributed by atoms with Crippen molar-refractivity contribution in [1.29, 1.82) is 0 Å². The van der Waals surface area contributed by atoms with Crippen LogP contribution >= 0.6 is 0 Å². The fourth-order valence-corrected chi connectivity index (χ4v) is 8.41. The predicted molar refractivity (Wildman–Crippen MR) is 234 cm³/mol. The van der Waals surface area contributed by atoms with Crippen molar-refractivity contribution in [3.63, 3.8) is 0 Å². The summed E-state index contributed by atoms with van der Waals surface area (Å²) in [5.41, 5.74) is 22.3. The van der Waals surface area contributed by atoms with Crippen molar-refractivity contribution < 1.29 is 0 Å². The zero-order valence-electron chi connectivity index (χ0n) is 34.0. The van der Waals surface area contributed by atoms with Gasteiger partial charge in [-0.15, -0.1) is 0 Å². The van der Waals surface area contributed by atoms with Crippen molar-refractivity contribution in [1.82, 2.24) is 0 Å². The molecular weight excluding hydrogens is 641 g/mol. The van der Waals surface area contributed by atoms with Gasteiger partial charge in [-0.2, -0.15) is 0 Å². The Morgan fingerprint density at radius 2 is 0.528 bits per heavy atom. The quantitative estimate of drug-likeness (QED) is 0.0477. The van der Waals surface area contributed by atoms with Crippen molar-refractivity contribution in [2.24, 2.45) is 0 Å². The number of nitrogen functional groups attached to an aromatic ring is 2. The van der Waals surface area contributed by atoms with Crippen LogP contribution in [-0.4, -0.2) is 0 Å². The standard InChI is InChI=1S/C51H74N2/c1-4-7-9-11-13-15-17-19-21-23-50(45-33-37-47(52)38-34-45)43-29-25-41(26-30-43)49(6-3)42-27-31-44(32-28-42)51(46-35-39-48(53)40-36-46)24-22-20-18-16-14-12-10-8-5-2/h25-40,49-51H,4-24,52-53H2,1-3H3. The van der Waals surface area contributed by atoms with E-state index < -0.39 is 0 Å². The average Bonchev–Trinajstić information content (AvgIpc) is 3.18. The average molecular weight is 715 g/mol. The first kappa shape index (κ1) is 42.2. The van der Waals surface area contributed by atoms with Gasteiger partial charge in [0.1, 0.15) is 0 Å². The van der Waals surface area contributed by atoms with Crippen LogP contribution in [0.15, 0.2) is 97.1 Å². The fraction of sp³-hybridized carbons (Fsp3) is 0.529. The fourth-order valence-electron chi connectivity index (χ4n) is 8.41. The van der Waals surface area contributed by atoms with E-state index in [0.717, 1.165) is 17.8 Å². The Hall–Kier alpha value is -3.52. The zero-order chi connectivity index (χ0) is 37.5. The maximum Gasteiger partial charge on any atom is 0.0314 e. The number of hydrogen-bond donors (Lipinski definition) is 2. The molecule has 4 N–H and O–H groups in total. The van der Waals surface area contributed by atoms with Gasteiger partial charge in [0.2, 0.25) is 0 Å². The molecule has 53 heavy (non-hydrogen) atoms. The summed E-state index contributed by atoms with van der Waals surface area (Å²) in [5, 5.41) is 0. The summed E-state index contributed by atoms with van der Waals surface area (Å²) in [6.07, 6.45) is 27.9. The van der Waals surface area contributed by atoms with E-state index in [2.05, 4.69) is 118 Å². The third kappa shape index (κ3) is 14.7. The number of nitrogens with two attached hydrogens (primary N) is 2. The summed E-state index contributed by atoms with van der Waals surface area (Å²) in [6, 6.07) is 36.5. The summed E-state index contributed by atoms with van der Waals surface area (Å²) < 4.78 is 0. The second-order valence-electron chi connectivity index (χ2n) is 16.0. The minimum absolute atomic E-state index is 0.387. The molecule has 0 aromatic heterocycles. The van der Waals surface area contributed by atoms with Crippen LogP contribution < -0.4 is 11.5 Å². The Morgan fingerprint density at radius 3 is 0.792 bits per heavy atom. The third-order valence-electron chi connectivity index (χ3n) is 11.8. The molecule has 0 radical (unpaired) electrons. The monoisotopic (exact) mass is 715 g/mol. The lowest BCUT2D eigenvalue weighted by atomic mass is 9.82. The first-order chi connectivity index (χ1) is 26.0. The molecule has 0 bridgehead atoms. The van der Waals surface area contributed by atoms with Gasteiger partial charge in [-0.3, -0.25) is 0 Å². The molecule has 0 fully saturated rings. The molecule has 2 nitrogen and oxygen atoms in total. The molecule has 2 unspecified atom stereocenters. The summed E-state index contributed by atoms with van der Waals surface area (Å²) in [5.74, 6) is 1.20. The van der Waals surface area contributed by atoms with Crippen LogP contribution in [0.2, 0.25) is 0 Å². The predicted octanol–water partition coefficient (Wildman–Crippen LogP) is 15.5. The normalized spacial score (nSPS) is 13.2. The molecule has 0 aliphatic rings. The summed E-state index contributed by atoms with van der Waals surface area (Å²) >= 11 is 0. The zero-order valence-corrected chi connectivity index (χ0v) is 34.0. The van der Waals surface area contributed by atoms with Crippen molar-refractivity contribution in [2.45, 2.75) is 173 Å². The molecule has 0 aliphatic heterocycles. The van der Waals surface area contributed by atoms with Gasteiger partial charge >= 0.3 is 0 Å². The lowest BCUT2D eigenvalue weighted by molar-refractivity contribution is 0.545. The summed E-state index contributed by atoms with van der Waals surface area (Å²) in [6.45, 7) is 6.92. The first-order valence-electron chi connectivity index (χ1n) is 21.9. The number of anilines is 2. The van der Waals surface area contributed by atoms with Crippen molar-refractivity contribution in [3.05, 3.63) is 130 Å². The van der Waals surface area contributed by atoms with E-state index in [1.807, 2.05) is 0 Å². The minimum atomic E-state index is 0.387. The maximum atomic E-state index is 6.10. The first-order valence-corrected chi connectivity index (χ1v) is 21.9. The molecule has 0 heterocycles. The lowest BCUT2D eigenvalue weighted by Gasteiger charge is -2.22. The maximum absolute atomic E-state index is 6.10. The Balaban J connectivity index is 1.39. The van der Waals surface area contributed by atoms with E-state index in [-0.39, 0.29) is 0 Å². The van der Waals surface area contributed by atoms with Gasteiger partial charge in [-0.05, 0) is 76.9 Å². The topological polar surface area (TPSA) is 52.0 Å². The molecular formula is C51H74N2. The number of rotatable bonds is 27. The van der Waals surface area contributed by atoms with Gasteiger partial charge in [-0.25, -0.2) is 0 Å². The van der Waals surface area contributed by atoms with E-state index >= 15 is 0 Å². The van der Waals surface area contributed by atoms with Crippen molar-refractivity contribution in [3.8, 4) is 0 Å². The smallest absolute Gasteiger partial charge is 0.0314 e. The molecule has 0 saturated carbocycles. The minimum Gasteiger partial charge on any atom is -0.399 e. The molecule has 0 saturated heterocycles. The van der Waals surface area contributed by atoms with E-state index in [0.29, 0.717) is 17.8 Å². The SMILES string of the molecule is CCCCCCCCCCCC(c1ccc(N)cc1)c1ccc(C(CC)c2ccc(C(CCCCCCCCCCC)c3ccc(N)cc3)cc2)cc1. The lowest BCUT2D eigenvalue weighted by Crippen LogP contribution is -2.05. The molecule has 4 rings (SSSR count). The molecule has 4 aromatic rings. The Morgan fingerprint density at radius 1 is 0.302 bits per heavy atom. The van der Waals surface area contributed by atoms with Crippen LogP contribution in [0.5, 0.6) is 0 Å². The molecule has 2 heteroatoms. The van der Waals surface area contributed by atoms with Gasteiger partial charge in [0.25, 0.3) is 0 Å². The Labute approximate surface area is 325 Å². The highest BCUT2D eigenvalue weighted by atomic mass is 14.5. The molecule has 288 valence electrons. The van der Waals surface area contributed by atoms with E-state index in [1.54, 1.807) is 0 Å². The number of hydrogen-bond acceptors (Lipinski definition) is 2. The largest absolute Gasteiger partial charge is 0.399 e. The van der Waals surface area contributed by atoms with Crippen LogP contribution in [-0.2, 0) is 0 Å². The highest BCUT2D eigenvalue weighted by Crippen LogP contribution is 2.36. The van der Waals surface area contributed by atoms with E-state index in [4.69, 9.17) is 11.5 Å². The van der Waals surface area contributed by atoms with Crippen molar-refractivity contribution >= 4 is 11.4 Å². The molecule has 0 aliphatic carbocycles. The van der Waals surface area contributed by atoms with E-state index in [9.17, 15) is 0 Å².